The van der Waals surface area contributed by atoms with Crippen molar-refractivity contribution in [1.29, 1.82) is 0 Å². The van der Waals surface area contributed by atoms with E-state index in [4.69, 9.17) is 9.47 Å². The predicted octanol–water partition coefficient (Wildman–Crippen LogP) is 9.08. The number of carbonyl (C=O) groups is 2. The van der Waals surface area contributed by atoms with Crippen LogP contribution in [-0.2, 0) is 19.1 Å². The van der Waals surface area contributed by atoms with Crippen LogP contribution < -0.4 is 0 Å². The van der Waals surface area contributed by atoms with E-state index in [2.05, 4.69) is 20.8 Å². The molecule has 0 aromatic rings. The first-order chi connectivity index (χ1) is 18.0. The van der Waals surface area contributed by atoms with Crippen molar-refractivity contribution in [1.82, 2.24) is 0 Å². The molecule has 0 aromatic heterocycles. The molecule has 5 nitrogen and oxygen atoms in total. The lowest BCUT2D eigenvalue weighted by atomic mass is 10.0. The molecule has 0 saturated carbocycles. The van der Waals surface area contributed by atoms with Gasteiger partial charge in [-0.05, 0) is 18.8 Å². The summed E-state index contributed by atoms with van der Waals surface area (Å²) in [6.07, 6.45) is 26.2. The predicted molar refractivity (Wildman–Crippen MR) is 155 cm³/mol. The second-order valence-corrected chi connectivity index (χ2v) is 11.4. The zero-order valence-electron chi connectivity index (χ0n) is 24.9. The first kappa shape index (κ1) is 35.9. The van der Waals surface area contributed by atoms with Gasteiger partial charge in [0.1, 0.15) is 6.61 Å². The summed E-state index contributed by atoms with van der Waals surface area (Å²) in [5, 5.41) is 9.42. The van der Waals surface area contributed by atoms with E-state index in [1.54, 1.807) is 0 Å². The maximum atomic E-state index is 12.0. The van der Waals surface area contributed by atoms with Crippen molar-refractivity contribution in [3.8, 4) is 0 Å². The molecule has 0 aliphatic rings. The smallest absolute Gasteiger partial charge is 0.306 e. The van der Waals surface area contributed by atoms with Crippen LogP contribution in [0.2, 0.25) is 0 Å². The normalized spacial score (nSPS) is 12.1. The van der Waals surface area contributed by atoms with E-state index in [9.17, 15) is 14.7 Å². The molecule has 0 aliphatic heterocycles. The summed E-state index contributed by atoms with van der Waals surface area (Å²) in [5.74, 6) is 0.258. The Balaban J connectivity index is 3.46. The quantitative estimate of drug-likeness (QED) is 0.0813. The van der Waals surface area contributed by atoms with Crippen molar-refractivity contribution in [2.24, 2.45) is 5.92 Å². The first-order valence-electron chi connectivity index (χ1n) is 16.0. The Bertz CT molecular complexity index is 505. The molecule has 1 atom stereocenters. The molecule has 0 spiro atoms. The minimum absolute atomic E-state index is 0.0610. The number of hydrogen-bond donors (Lipinski definition) is 1. The molecule has 1 N–H and O–H groups in total. The van der Waals surface area contributed by atoms with Crippen LogP contribution in [0.5, 0.6) is 0 Å². The summed E-state index contributed by atoms with van der Waals surface area (Å²) >= 11 is 0. The van der Waals surface area contributed by atoms with Crippen molar-refractivity contribution in [2.45, 2.75) is 175 Å². The maximum absolute atomic E-state index is 12.0. The van der Waals surface area contributed by atoms with E-state index in [1.807, 2.05) is 0 Å². The Morgan fingerprint density at radius 2 is 1.00 bits per heavy atom. The lowest BCUT2D eigenvalue weighted by molar-refractivity contribution is -0.161. The third-order valence-electron chi connectivity index (χ3n) is 7.08. The average Bonchev–Trinajstić information content (AvgIpc) is 2.88. The van der Waals surface area contributed by atoms with E-state index in [-0.39, 0.29) is 25.2 Å². The highest BCUT2D eigenvalue weighted by Gasteiger charge is 2.16. The standard InChI is InChI=1S/C32H62O5/c1-4-5-6-18-22-25-31(34)36-28-30(27-33)37-32(35)26-23-20-17-15-13-11-9-7-8-10-12-14-16-19-21-24-29(2)3/h29-30,33H,4-28H2,1-3H3/t30-/m0/s1. The number of ether oxygens (including phenoxy) is 2. The number of unbranched alkanes of at least 4 members (excludes halogenated alkanes) is 18. The molecule has 5 heteroatoms. The Morgan fingerprint density at radius 3 is 1.43 bits per heavy atom. The molecule has 0 amide bonds. The molecule has 0 fully saturated rings. The molecule has 0 bridgehead atoms. The molecular weight excluding hydrogens is 464 g/mol. The van der Waals surface area contributed by atoms with Crippen molar-refractivity contribution >= 4 is 11.9 Å². The molecule has 0 heterocycles. The van der Waals surface area contributed by atoms with Crippen molar-refractivity contribution < 1.29 is 24.2 Å². The summed E-state index contributed by atoms with van der Waals surface area (Å²) in [7, 11) is 0. The molecule has 37 heavy (non-hydrogen) atoms. The van der Waals surface area contributed by atoms with Gasteiger partial charge in [-0.15, -0.1) is 0 Å². The van der Waals surface area contributed by atoms with Gasteiger partial charge in [0.15, 0.2) is 6.10 Å². The van der Waals surface area contributed by atoms with E-state index in [0.29, 0.717) is 12.8 Å². The number of esters is 2. The Kier molecular flexibility index (Phi) is 27.1. The third-order valence-corrected chi connectivity index (χ3v) is 7.08. The van der Waals surface area contributed by atoms with Crippen LogP contribution in [0.1, 0.15) is 168 Å². The number of rotatable bonds is 28. The zero-order valence-corrected chi connectivity index (χ0v) is 24.9. The van der Waals surface area contributed by atoms with E-state index < -0.39 is 6.10 Å². The van der Waals surface area contributed by atoms with Gasteiger partial charge in [0.05, 0.1) is 6.61 Å². The second kappa shape index (κ2) is 27.9. The molecule has 0 saturated heterocycles. The number of aliphatic hydroxyl groups is 1. The molecule has 220 valence electrons. The van der Waals surface area contributed by atoms with Crippen LogP contribution in [0.4, 0.5) is 0 Å². The van der Waals surface area contributed by atoms with E-state index in [0.717, 1.165) is 44.4 Å². The van der Waals surface area contributed by atoms with Gasteiger partial charge in [0.25, 0.3) is 0 Å². The fourth-order valence-electron chi connectivity index (χ4n) is 4.62. The van der Waals surface area contributed by atoms with Crippen LogP contribution in [0.25, 0.3) is 0 Å². The average molecular weight is 527 g/mol. The van der Waals surface area contributed by atoms with Gasteiger partial charge >= 0.3 is 11.9 Å². The van der Waals surface area contributed by atoms with Crippen LogP contribution in [0, 0.1) is 5.92 Å². The fraction of sp³-hybridized carbons (Fsp3) is 0.938. The van der Waals surface area contributed by atoms with Gasteiger partial charge in [-0.25, -0.2) is 0 Å². The van der Waals surface area contributed by atoms with Crippen molar-refractivity contribution in [3.63, 3.8) is 0 Å². The van der Waals surface area contributed by atoms with E-state index in [1.165, 1.54) is 96.3 Å². The summed E-state index contributed by atoms with van der Waals surface area (Å²) in [6.45, 7) is 6.40. The van der Waals surface area contributed by atoms with Gasteiger partial charge in [0.2, 0.25) is 0 Å². The second-order valence-electron chi connectivity index (χ2n) is 11.4. The highest BCUT2D eigenvalue weighted by atomic mass is 16.6. The van der Waals surface area contributed by atoms with Gasteiger partial charge in [-0.1, -0.05) is 143 Å². The number of hydrogen-bond acceptors (Lipinski definition) is 5. The lowest BCUT2D eigenvalue weighted by Crippen LogP contribution is -2.28. The summed E-state index contributed by atoms with van der Waals surface area (Å²) in [5.41, 5.74) is 0. The summed E-state index contributed by atoms with van der Waals surface area (Å²) in [6, 6.07) is 0. The van der Waals surface area contributed by atoms with Gasteiger partial charge in [-0.2, -0.15) is 0 Å². The minimum atomic E-state index is -0.758. The van der Waals surface area contributed by atoms with Crippen LogP contribution in [-0.4, -0.2) is 36.4 Å². The summed E-state index contributed by atoms with van der Waals surface area (Å²) < 4.78 is 10.4. The topological polar surface area (TPSA) is 72.8 Å². The zero-order chi connectivity index (χ0) is 27.4. The molecule has 0 unspecified atom stereocenters. The minimum Gasteiger partial charge on any atom is -0.462 e. The molecule has 0 radical (unpaired) electrons. The molecule has 0 aliphatic carbocycles. The highest BCUT2D eigenvalue weighted by molar-refractivity contribution is 5.70. The summed E-state index contributed by atoms with van der Waals surface area (Å²) in [4.78, 5) is 23.8. The van der Waals surface area contributed by atoms with Crippen molar-refractivity contribution in [2.75, 3.05) is 13.2 Å². The largest absolute Gasteiger partial charge is 0.462 e. The van der Waals surface area contributed by atoms with Crippen molar-refractivity contribution in [3.05, 3.63) is 0 Å². The van der Waals surface area contributed by atoms with Crippen LogP contribution in [0.3, 0.4) is 0 Å². The van der Waals surface area contributed by atoms with Gasteiger partial charge < -0.3 is 14.6 Å². The maximum Gasteiger partial charge on any atom is 0.306 e. The Hall–Kier alpha value is -1.10. The molecule has 0 rings (SSSR count). The van der Waals surface area contributed by atoms with Gasteiger partial charge in [-0.3, -0.25) is 9.59 Å². The molecule has 0 aromatic carbocycles. The highest BCUT2D eigenvalue weighted by Crippen LogP contribution is 2.15. The van der Waals surface area contributed by atoms with Crippen LogP contribution >= 0.6 is 0 Å². The molecular formula is C32H62O5. The Labute approximate surface area is 229 Å². The van der Waals surface area contributed by atoms with Crippen LogP contribution in [0.15, 0.2) is 0 Å². The fourth-order valence-corrected chi connectivity index (χ4v) is 4.62. The monoisotopic (exact) mass is 526 g/mol. The number of aliphatic hydroxyl groups excluding tert-OH is 1. The lowest BCUT2D eigenvalue weighted by Gasteiger charge is -2.15. The number of carbonyl (C=O) groups excluding carboxylic acids is 2. The third kappa shape index (κ3) is 27.7. The Morgan fingerprint density at radius 1 is 0.595 bits per heavy atom. The van der Waals surface area contributed by atoms with Gasteiger partial charge in [0, 0.05) is 12.8 Å². The SMILES string of the molecule is CCCCCCCC(=O)OC[C@H](CO)OC(=O)CCCCCCCCCCCCCCCCCC(C)C. The van der Waals surface area contributed by atoms with E-state index >= 15 is 0 Å². The first-order valence-corrected chi connectivity index (χ1v) is 16.0.